The molecule has 4 heteroatoms. The summed E-state index contributed by atoms with van der Waals surface area (Å²) in [5.74, 6) is 0. The molecule has 1 unspecified atom stereocenters. The highest BCUT2D eigenvalue weighted by atomic mass is 32.2. The molecule has 0 spiro atoms. The zero-order chi connectivity index (χ0) is 9.47. The van der Waals surface area contributed by atoms with Gasteiger partial charge in [-0.3, -0.25) is 0 Å². The first-order valence-electron chi connectivity index (χ1n) is 4.18. The van der Waals surface area contributed by atoms with Gasteiger partial charge in [-0.25, -0.2) is 8.42 Å². The van der Waals surface area contributed by atoms with E-state index in [2.05, 4.69) is 0 Å². The van der Waals surface area contributed by atoms with Crippen molar-refractivity contribution in [1.82, 2.24) is 0 Å². The van der Waals surface area contributed by atoms with Crippen LogP contribution in [0.25, 0.3) is 0 Å². The van der Waals surface area contributed by atoms with Gasteiger partial charge in [-0.1, -0.05) is 18.2 Å². The number of benzene rings is 1. The number of sulfone groups is 1. The molecule has 1 atom stereocenters. The van der Waals surface area contributed by atoms with Gasteiger partial charge in [-0.05, 0) is 18.1 Å². The summed E-state index contributed by atoms with van der Waals surface area (Å²) in [5, 5.41) is -0.412. The second-order valence-corrected chi connectivity index (χ2v) is 5.41. The molecule has 1 aromatic carbocycles. The molecule has 1 aromatic rings. The molecule has 0 saturated carbocycles. The first kappa shape index (κ1) is 8.72. The molecule has 0 saturated heterocycles. The van der Waals surface area contributed by atoms with Crippen LogP contribution in [0.5, 0.6) is 0 Å². The van der Waals surface area contributed by atoms with E-state index in [9.17, 15) is 8.42 Å². The largest absolute Gasteiger partial charge is 0.329 e. The van der Waals surface area contributed by atoms with Crippen LogP contribution in [0.15, 0.2) is 29.2 Å². The standard InChI is InChI=1S/C9H11NO2S/c10-6-8-5-7-3-1-2-4-9(7)13(8,11)12/h1-4,8H,5-6,10H2. The van der Waals surface area contributed by atoms with E-state index < -0.39 is 15.1 Å². The number of hydrogen-bond donors (Lipinski definition) is 1. The average Bonchev–Trinajstić information content (AvgIpc) is 2.39. The van der Waals surface area contributed by atoms with Crippen molar-refractivity contribution >= 4 is 9.84 Å². The van der Waals surface area contributed by atoms with Gasteiger partial charge in [-0.15, -0.1) is 0 Å². The zero-order valence-electron chi connectivity index (χ0n) is 7.10. The van der Waals surface area contributed by atoms with Crippen molar-refractivity contribution in [3.05, 3.63) is 29.8 Å². The van der Waals surface area contributed by atoms with Gasteiger partial charge in [-0.2, -0.15) is 0 Å². The van der Waals surface area contributed by atoms with E-state index in [1.807, 2.05) is 12.1 Å². The molecule has 13 heavy (non-hydrogen) atoms. The van der Waals surface area contributed by atoms with Gasteiger partial charge in [0.25, 0.3) is 0 Å². The smallest absolute Gasteiger partial charge is 0.183 e. The fourth-order valence-corrected chi connectivity index (χ4v) is 3.49. The van der Waals surface area contributed by atoms with Gasteiger partial charge in [0.05, 0.1) is 10.1 Å². The van der Waals surface area contributed by atoms with Gasteiger partial charge in [0.15, 0.2) is 9.84 Å². The molecule has 0 bridgehead atoms. The lowest BCUT2D eigenvalue weighted by molar-refractivity contribution is 0.587. The monoisotopic (exact) mass is 197 g/mol. The van der Waals surface area contributed by atoms with E-state index in [-0.39, 0.29) is 6.54 Å². The van der Waals surface area contributed by atoms with Crippen LogP contribution in [0.4, 0.5) is 0 Å². The van der Waals surface area contributed by atoms with E-state index >= 15 is 0 Å². The summed E-state index contributed by atoms with van der Waals surface area (Å²) in [5.41, 5.74) is 6.31. The summed E-state index contributed by atoms with van der Waals surface area (Å²) in [6, 6.07) is 7.10. The number of hydrogen-bond acceptors (Lipinski definition) is 3. The van der Waals surface area contributed by atoms with Gasteiger partial charge >= 0.3 is 0 Å². The fraction of sp³-hybridized carbons (Fsp3) is 0.333. The summed E-state index contributed by atoms with van der Waals surface area (Å²) in [6.45, 7) is 0.205. The molecule has 0 aromatic heterocycles. The highest BCUT2D eigenvalue weighted by molar-refractivity contribution is 7.92. The van der Waals surface area contributed by atoms with E-state index in [4.69, 9.17) is 5.73 Å². The topological polar surface area (TPSA) is 60.2 Å². The van der Waals surface area contributed by atoms with Crippen LogP contribution in [0.3, 0.4) is 0 Å². The van der Waals surface area contributed by atoms with Gasteiger partial charge in [0, 0.05) is 6.54 Å². The molecule has 0 aliphatic carbocycles. The molecular formula is C9H11NO2S. The summed E-state index contributed by atoms with van der Waals surface area (Å²) >= 11 is 0. The Morgan fingerprint density at radius 3 is 2.69 bits per heavy atom. The van der Waals surface area contributed by atoms with Crippen molar-refractivity contribution in [2.45, 2.75) is 16.6 Å². The summed E-state index contributed by atoms with van der Waals surface area (Å²) in [7, 11) is -3.12. The molecule has 2 N–H and O–H groups in total. The van der Waals surface area contributed by atoms with Crippen LogP contribution < -0.4 is 5.73 Å². The quantitative estimate of drug-likeness (QED) is 0.706. The maximum Gasteiger partial charge on any atom is 0.183 e. The number of fused-ring (bicyclic) bond motifs is 1. The maximum absolute atomic E-state index is 11.7. The molecule has 1 aliphatic heterocycles. The highest BCUT2D eigenvalue weighted by Gasteiger charge is 2.35. The Hall–Kier alpha value is -0.870. The van der Waals surface area contributed by atoms with Gasteiger partial charge in [0.2, 0.25) is 0 Å². The van der Waals surface area contributed by atoms with Crippen LogP contribution in [-0.2, 0) is 16.3 Å². The molecule has 0 fully saturated rings. The predicted octanol–water partition coefficient (Wildman–Crippen LogP) is 0.344. The van der Waals surface area contributed by atoms with Crippen molar-refractivity contribution in [3.8, 4) is 0 Å². The minimum absolute atomic E-state index is 0.205. The average molecular weight is 197 g/mol. The van der Waals surface area contributed by atoms with Crippen LogP contribution in [0.2, 0.25) is 0 Å². The van der Waals surface area contributed by atoms with Crippen molar-refractivity contribution < 1.29 is 8.42 Å². The molecule has 1 heterocycles. The molecule has 2 rings (SSSR count). The second kappa shape index (κ2) is 2.82. The van der Waals surface area contributed by atoms with Crippen LogP contribution >= 0.6 is 0 Å². The Balaban J connectivity index is 2.60. The first-order chi connectivity index (χ1) is 6.16. The third kappa shape index (κ3) is 1.17. The van der Waals surface area contributed by atoms with Crippen LogP contribution in [-0.4, -0.2) is 20.2 Å². The molecule has 0 amide bonds. The van der Waals surface area contributed by atoms with Crippen molar-refractivity contribution in [3.63, 3.8) is 0 Å². The SMILES string of the molecule is NCC1Cc2ccccc2S1(=O)=O. The van der Waals surface area contributed by atoms with Crippen LogP contribution in [0, 0.1) is 0 Å². The molecule has 1 aliphatic rings. The van der Waals surface area contributed by atoms with Gasteiger partial charge < -0.3 is 5.73 Å². The fourth-order valence-electron chi connectivity index (χ4n) is 1.69. The molecule has 3 nitrogen and oxygen atoms in total. The third-order valence-corrected chi connectivity index (χ3v) is 4.68. The van der Waals surface area contributed by atoms with E-state index in [1.165, 1.54) is 0 Å². The Bertz CT molecular complexity index is 425. The van der Waals surface area contributed by atoms with Crippen molar-refractivity contribution in [2.75, 3.05) is 6.54 Å². The number of rotatable bonds is 1. The third-order valence-electron chi connectivity index (χ3n) is 2.43. The van der Waals surface area contributed by atoms with E-state index in [0.717, 1.165) is 5.56 Å². The first-order valence-corrected chi connectivity index (χ1v) is 5.73. The lowest BCUT2D eigenvalue weighted by Crippen LogP contribution is -2.26. The van der Waals surface area contributed by atoms with E-state index in [0.29, 0.717) is 11.3 Å². The summed E-state index contributed by atoms with van der Waals surface area (Å²) in [4.78, 5) is 0.463. The Kier molecular flexibility index (Phi) is 1.89. The molecular weight excluding hydrogens is 186 g/mol. The lowest BCUT2D eigenvalue weighted by atomic mass is 10.1. The molecule has 0 radical (unpaired) electrons. The predicted molar refractivity (Wildman–Crippen MR) is 50.2 cm³/mol. The van der Waals surface area contributed by atoms with Crippen LogP contribution in [0.1, 0.15) is 5.56 Å². The summed E-state index contributed by atoms with van der Waals surface area (Å²) in [6.07, 6.45) is 0.564. The Morgan fingerprint density at radius 2 is 2.08 bits per heavy atom. The normalized spacial score (nSPS) is 24.2. The highest BCUT2D eigenvalue weighted by Crippen LogP contribution is 2.29. The van der Waals surface area contributed by atoms with Crippen molar-refractivity contribution in [2.24, 2.45) is 5.73 Å². The summed E-state index contributed by atoms with van der Waals surface area (Å²) < 4.78 is 23.5. The van der Waals surface area contributed by atoms with Crippen molar-refractivity contribution in [1.29, 1.82) is 0 Å². The minimum Gasteiger partial charge on any atom is -0.329 e. The van der Waals surface area contributed by atoms with Gasteiger partial charge in [0.1, 0.15) is 0 Å². The zero-order valence-corrected chi connectivity index (χ0v) is 7.92. The Labute approximate surface area is 77.5 Å². The maximum atomic E-state index is 11.7. The second-order valence-electron chi connectivity index (χ2n) is 3.21. The minimum atomic E-state index is -3.12. The van der Waals surface area contributed by atoms with E-state index in [1.54, 1.807) is 12.1 Å². The number of nitrogens with two attached hydrogens (primary N) is 1. The lowest BCUT2D eigenvalue weighted by Gasteiger charge is -2.03. The Morgan fingerprint density at radius 1 is 1.38 bits per heavy atom. The molecule has 70 valence electrons.